The average Bonchev–Trinajstić information content (AvgIpc) is 3.58. The third kappa shape index (κ3) is 6.57. The lowest BCUT2D eigenvalue weighted by Gasteiger charge is -2.32. The Balaban J connectivity index is 1.03. The number of anilines is 1. The Morgan fingerprint density at radius 3 is 2.61 bits per heavy atom. The van der Waals surface area contributed by atoms with Crippen molar-refractivity contribution in [2.24, 2.45) is 17.8 Å². The molecule has 0 N–H and O–H groups in total. The van der Waals surface area contributed by atoms with E-state index in [1.165, 1.54) is 17.4 Å². The number of benzene rings is 1. The van der Waals surface area contributed by atoms with Gasteiger partial charge in [-0.25, -0.2) is 22.8 Å². The Labute approximate surface area is 228 Å². The molecule has 0 spiro atoms. The molecule has 2 aromatic rings. The highest BCUT2D eigenvalue weighted by Gasteiger charge is 2.43. The summed E-state index contributed by atoms with van der Waals surface area (Å²) in [6.45, 7) is 2.45. The number of piperidine rings is 1. The van der Waals surface area contributed by atoms with Gasteiger partial charge in [0.1, 0.15) is 11.6 Å². The zero-order valence-corrected chi connectivity index (χ0v) is 23.1. The molecule has 206 valence electrons. The van der Waals surface area contributed by atoms with E-state index in [1.807, 2.05) is 0 Å². The van der Waals surface area contributed by atoms with Gasteiger partial charge in [0.15, 0.2) is 9.84 Å². The number of rotatable bonds is 9. The molecule has 3 atom stereocenters. The van der Waals surface area contributed by atoms with Crippen LogP contribution in [0.25, 0.3) is 0 Å². The molecular weight excluding hydrogens is 531 g/mol. The van der Waals surface area contributed by atoms with Crippen LogP contribution in [0.3, 0.4) is 0 Å². The Morgan fingerprint density at radius 1 is 1.21 bits per heavy atom. The molecule has 2 saturated heterocycles. The molecule has 1 aliphatic carbocycles. The fraction of sp³-hybridized carbons (Fsp3) is 0.593. The number of hydrogen-bond acceptors (Lipinski definition) is 7. The predicted octanol–water partition coefficient (Wildman–Crippen LogP) is 3.78. The molecular formula is C27H34ClFN4O4S. The predicted molar refractivity (Wildman–Crippen MR) is 144 cm³/mol. The maximum Gasteiger partial charge on any atom is 0.227 e. The Morgan fingerprint density at radius 2 is 1.95 bits per heavy atom. The summed E-state index contributed by atoms with van der Waals surface area (Å²) >= 11 is 5.89. The van der Waals surface area contributed by atoms with Crippen molar-refractivity contribution >= 4 is 33.3 Å². The van der Waals surface area contributed by atoms with Crippen molar-refractivity contribution in [2.75, 3.05) is 43.1 Å². The van der Waals surface area contributed by atoms with Crippen LogP contribution in [0.1, 0.15) is 37.7 Å². The van der Waals surface area contributed by atoms with E-state index < -0.39 is 15.7 Å². The first-order valence-corrected chi connectivity index (χ1v) is 15.5. The Hall–Kier alpha value is -2.46. The van der Waals surface area contributed by atoms with Crippen molar-refractivity contribution in [3.63, 3.8) is 0 Å². The zero-order chi connectivity index (χ0) is 26.9. The van der Waals surface area contributed by atoms with Crippen molar-refractivity contribution in [3.05, 3.63) is 47.0 Å². The summed E-state index contributed by atoms with van der Waals surface area (Å²) in [7, 11) is -1.50. The van der Waals surface area contributed by atoms with E-state index in [0.29, 0.717) is 35.6 Å². The van der Waals surface area contributed by atoms with E-state index in [9.17, 15) is 17.6 Å². The van der Waals surface area contributed by atoms with Gasteiger partial charge in [-0.15, -0.1) is 0 Å². The average molecular weight is 565 g/mol. The van der Waals surface area contributed by atoms with Crippen LogP contribution < -0.4 is 9.64 Å². The third-order valence-electron chi connectivity index (χ3n) is 8.29. The molecule has 1 amide bonds. The molecule has 1 aromatic heterocycles. The Bertz CT molecular complexity index is 1250. The lowest BCUT2D eigenvalue weighted by molar-refractivity contribution is -0.130. The maximum absolute atomic E-state index is 14.7. The van der Waals surface area contributed by atoms with Crippen molar-refractivity contribution in [1.29, 1.82) is 0 Å². The van der Waals surface area contributed by atoms with E-state index in [0.717, 1.165) is 44.2 Å². The van der Waals surface area contributed by atoms with Gasteiger partial charge in [0.05, 0.1) is 41.9 Å². The van der Waals surface area contributed by atoms with Gasteiger partial charge in [0, 0.05) is 32.2 Å². The number of hydrogen-bond donors (Lipinski definition) is 0. The molecule has 8 nitrogen and oxygen atoms in total. The second kappa shape index (κ2) is 11.3. The van der Waals surface area contributed by atoms with Gasteiger partial charge in [0.25, 0.3) is 0 Å². The van der Waals surface area contributed by atoms with Crippen LogP contribution in [-0.4, -0.2) is 73.5 Å². The van der Waals surface area contributed by atoms with Gasteiger partial charge in [-0.1, -0.05) is 17.7 Å². The summed E-state index contributed by atoms with van der Waals surface area (Å²) in [5.41, 5.74) is 0.285. The largest absolute Gasteiger partial charge is 0.493 e. The third-order valence-corrected chi connectivity index (χ3v) is 10.2. The second-order valence-corrected chi connectivity index (χ2v) is 13.5. The molecule has 0 radical (unpaired) electrons. The van der Waals surface area contributed by atoms with E-state index in [-0.39, 0.29) is 35.4 Å². The molecule has 11 heteroatoms. The SMILES string of the molecule is CN(C(=O)Cc1ccc(OCC[C@@H]2C[C@@H]2C2CCN(c3ncc(Cl)cn3)CC2)cc1F)C1CCS(=O)(=O)C1. The number of amides is 1. The minimum atomic E-state index is -3.09. The first-order valence-electron chi connectivity index (χ1n) is 13.3. The molecule has 1 saturated carbocycles. The van der Waals surface area contributed by atoms with E-state index in [2.05, 4.69) is 14.9 Å². The van der Waals surface area contributed by atoms with Crippen LogP contribution in [0.2, 0.25) is 5.02 Å². The van der Waals surface area contributed by atoms with Gasteiger partial charge >= 0.3 is 0 Å². The van der Waals surface area contributed by atoms with Gasteiger partial charge in [-0.2, -0.15) is 0 Å². The molecule has 5 rings (SSSR count). The number of aromatic nitrogens is 2. The summed E-state index contributed by atoms with van der Waals surface area (Å²) in [4.78, 5) is 24.9. The van der Waals surface area contributed by atoms with Crippen molar-refractivity contribution in [1.82, 2.24) is 14.9 Å². The van der Waals surface area contributed by atoms with Crippen molar-refractivity contribution < 1.29 is 22.3 Å². The fourth-order valence-electron chi connectivity index (χ4n) is 5.84. The maximum atomic E-state index is 14.7. The van der Waals surface area contributed by atoms with E-state index in [1.54, 1.807) is 31.6 Å². The van der Waals surface area contributed by atoms with Gasteiger partial charge in [-0.3, -0.25) is 4.79 Å². The minimum Gasteiger partial charge on any atom is -0.493 e. The minimum absolute atomic E-state index is 0.0239. The first kappa shape index (κ1) is 27.1. The summed E-state index contributed by atoms with van der Waals surface area (Å²) in [5.74, 6) is 2.59. The number of likely N-dealkylation sites (N-methyl/N-ethyl adjacent to an activating group) is 1. The van der Waals surface area contributed by atoms with Crippen molar-refractivity contribution in [2.45, 2.75) is 44.6 Å². The van der Waals surface area contributed by atoms with Crippen LogP contribution in [0.15, 0.2) is 30.6 Å². The Kier molecular flexibility index (Phi) is 8.09. The fourth-order valence-corrected chi connectivity index (χ4v) is 7.71. The van der Waals surface area contributed by atoms with Crippen molar-refractivity contribution in [3.8, 4) is 5.75 Å². The monoisotopic (exact) mass is 564 g/mol. The summed E-state index contributed by atoms with van der Waals surface area (Å²) < 4.78 is 43.9. The summed E-state index contributed by atoms with van der Waals surface area (Å²) in [6, 6.07) is 4.28. The molecule has 3 heterocycles. The standard InChI is InChI=1S/C27H34ClFN4O4S/c1-32(22-7-11-38(35,36)17-22)26(34)13-20-2-3-23(14-25(20)29)37-10-6-19-12-24(19)18-4-8-33(9-5-18)27-30-15-21(28)16-31-27/h2-3,14-16,18-19,22,24H,4-13,17H2,1H3/t19-,22?,24-/m1/s1. The van der Waals surface area contributed by atoms with Crippen LogP contribution in [-0.2, 0) is 21.1 Å². The highest BCUT2D eigenvalue weighted by atomic mass is 35.5. The molecule has 1 aromatic carbocycles. The van der Waals surface area contributed by atoms with Crippen LogP contribution in [0.4, 0.5) is 10.3 Å². The summed E-state index contributed by atoms with van der Waals surface area (Å²) in [5, 5.41) is 0.545. The number of sulfone groups is 1. The highest BCUT2D eigenvalue weighted by molar-refractivity contribution is 7.91. The van der Waals surface area contributed by atoms with Crippen LogP contribution >= 0.6 is 11.6 Å². The van der Waals surface area contributed by atoms with Gasteiger partial charge in [0.2, 0.25) is 11.9 Å². The highest BCUT2D eigenvalue weighted by Crippen LogP contribution is 2.49. The molecule has 2 aliphatic heterocycles. The smallest absolute Gasteiger partial charge is 0.227 e. The van der Waals surface area contributed by atoms with Gasteiger partial charge in [-0.05, 0) is 61.5 Å². The lowest BCUT2D eigenvalue weighted by Crippen LogP contribution is -2.38. The van der Waals surface area contributed by atoms with Crippen LogP contribution in [0, 0.1) is 23.6 Å². The van der Waals surface area contributed by atoms with E-state index in [4.69, 9.17) is 16.3 Å². The number of ether oxygens (including phenoxy) is 1. The topological polar surface area (TPSA) is 92.7 Å². The molecule has 0 bridgehead atoms. The molecule has 1 unspecified atom stereocenters. The number of halogens is 2. The summed E-state index contributed by atoms with van der Waals surface area (Å²) in [6.07, 6.45) is 8.02. The quantitative estimate of drug-likeness (QED) is 0.457. The number of carbonyl (C=O) groups excluding carboxylic acids is 1. The van der Waals surface area contributed by atoms with Crippen LogP contribution in [0.5, 0.6) is 5.75 Å². The first-order chi connectivity index (χ1) is 18.2. The van der Waals surface area contributed by atoms with Gasteiger partial charge < -0.3 is 14.5 Å². The number of carbonyl (C=O) groups is 1. The molecule has 38 heavy (non-hydrogen) atoms. The second-order valence-electron chi connectivity index (χ2n) is 10.8. The van der Waals surface area contributed by atoms with E-state index >= 15 is 0 Å². The molecule has 3 aliphatic rings. The number of nitrogens with zero attached hydrogens (tertiary/aromatic N) is 4. The lowest BCUT2D eigenvalue weighted by atomic mass is 9.90. The normalized spacial score (nSPS) is 24.8. The molecule has 3 fully saturated rings. The zero-order valence-electron chi connectivity index (χ0n) is 21.6.